The summed E-state index contributed by atoms with van der Waals surface area (Å²) in [5.74, 6) is -0.890. The van der Waals surface area contributed by atoms with E-state index in [1.54, 1.807) is 24.3 Å². The predicted molar refractivity (Wildman–Crippen MR) is 129 cm³/mol. The van der Waals surface area contributed by atoms with Gasteiger partial charge in [-0.15, -0.1) is 0 Å². The van der Waals surface area contributed by atoms with Crippen LogP contribution in [0.15, 0.2) is 53.5 Å². The molecule has 1 fully saturated rings. The summed E-state index contributed by atoms with van der Waals surface area (Å²) in [6.07, 6.45) is -6.18. The molecule has 7 nitrogen and oxygen atoms in total. The van der Waals surface area contributed by atoms with Crippen molar-refractivity contribution in [1.82, 2.24) is 4.90 Å². The van der Waals surface area contributed by atoms with Crippen molar-refractivity contribution in [3.63, 3.8) is 0 Å². The van der Waals surface area contributed by atoms with Crippen LogP contribution < -0.4 is 15.0 Å². The highest BCUT2D eigenvalue weighted by Crippen LogP contribution is 2.36. The molecule has 0 aromatic heterocycles. The lowest BCUT2D eigenvalue weighted by Gasteiger charge is -2.25. The number of anilines is 2. The molecule has 35 heavy (non-hydrogen) atoms. The topological polar surface area (TPSA) is 74.2 Å². The quantitative estimate of drug-likeness (QED) is 0.348. The van der Waals surface area contributed by atoms with Gasteiger partial charge in [-0.3, -0.25) is 9.69 Å². The summed E-state index contributed by atoms with van der Waals surface area (Å²) in [5.41, 5.74) is -0.821. The Bertz CT molecular complexity index is 1150. The Hall–Kier alpha value is -2.69. The van der Waals surface area contributed by atoms with Gasteiger partial charge in [-0.2, -0.15) is 13.2 Å². The van der Waals surface area contributed by atoms with Crippen LogP contribution in [0.5, 0.6) is 5.75 Å². The molecular formula is C22H20Cl3F3N4O3. The van der Waals surface area contributed by atoms with Crippen LogP contribution in [0, 0.1) is 0 Å². The first-order chi connectivity index (χ1) is 16.2. The monoisotopic (exact) mass is 550 g/mol. The Labute approximate surface area is 214 Å². The summed E-state index contributed by atoms with van der Waals surface area (Å²) in [5, 5.41) is 2.87. The minimum absolute atomic E-state index is 0.104. The van der Waals surface area contributed by atoms with E-state index in [0.717, 1.165) is 30.1 Å². The maximum absolute atomic E-state index is 13.2. The molecule has 3 rings (SSSR count). The number of halogens is 6. The van der Waals surface area contributed by atoms with Gasteiger partial charge in [0.1, 0.15) is 5.75 Å². The van der Waals surface area contributed by atoms with Gasteiger partial charge in [-0.1, -0.05) is 46.9 Å². The van der Waals surface area contributed by atoms with E-state index in [-0.39, 0.29) is 11.8 Å². The number of urea groups is 1. The number of carbonyl (C=O) groups excluding carboxylic acids is 2. The molecule has 1 atom stereocenters. The summed E-state index contributed by atoms with van der Waals surface area (Å²) in [4.78, 5) is 31.2. The number of imide groups is 1. The zero-order chi connectivity index (χ0) is 26.1. The maximum atomic E-state index is 13.2. The van der Waals surface area contributed by atoms with E-state index in [4.69, 9.17) is 39.5 Å². The van der Waals surface area contributed by atoms with E-state index in [1.165, 1.54) is 6.07 Å². The van der Waals surface area contributed by atoms with Crippen molar-refractivity contribution < 1.29 is 27.5 Å². The van der Waals surface area contributed by atoms with E-state index >= 15 is 0 Å². The Kier molecular flexibility index (Phi) is 7.78. The third kappa shape index (κ3) is 6.31. The Balaban J connectivity index is 2.04. The minimum atomic E-state index is -4.67. The van der Waals surface area contributed by atoms with Crippen molar-refractivity contribution >= 4 is 64.0 Å². The molecule has 0 saturated carbocycles. The van der Waals surface area contributed by atoms with Crippen LogP contribution in [-0.2, 0) is 11.0 Å². The summed E-state index contributed by atoms with van der Waals surface area (Å²) in [6.45, 7) is 3.69. The van der Waals surface area contributed by atoms with Gasteiger partial charge in [0, 0.05) is 18.8 Å². The first-order valence-electron chi connectivity index (χ1n) is 10.2. The number of rotatable bonds is 6. The van der Waals surface area contributed by atoms with E-state index in [0.29, 0.717) is 16.3 Å². The molecule has 2 aromatic rings. The molecule has 0 radical (unpaired) electrons. The van der Waals surface area contributed by atoms with Gasteiger partial charge >= 0.3 is 12.2 Å². The van der Waals surface area contributed by atoms with Gasteiger partial charge in [0.25, 0.3) is 5.91 Å². The second-order valence-electron chi connectivity index (χ2n) is 7.77. The number of hydrogen-bond acceptors (Lipinski definition) is 5. The largest absolute Gasteiger partial charge is 0.491 e. The third-order valence-electron chi connectivity index (χ3n) is 4.69. The van der Waals surface area contributed by atoms with Crippen molar-refractivity contribution in [3.05, 3.63) is 54.1 Å². The number of alkyl halides is 6. The maximum Gasteiger partial charge on any atom is 0.416 e. The molecule has 0 aliphatic carbocycles. The molecule has 188 valence electrons. The van der Waals surface area contributed by atoms with Gasteiger partial charge in [-0.25, -0.2) is 14.7 Å². The number of nitrogens with zero attached hydrogens (tertiary/aromatic N) is 3. The van der Waals surface area contributed by atoms with Crippen LogP contribution in [0.2, 0.25) is 0 Å². The third-order valence-corrected chi connectivity index (χ3v) is 5.31. The number of nitrogens with one attached hydrogen (secondary N) is 1. The van der Waals surface area contributed by atoms with E-state index in [1.807, 2.05) is 13.8 Å². The molecular weight excluding hydrogens is 532 g/mol. The fourth-order valence-corrected chi connectivity index (χ4v) is 3.45. The normalized spacial score (nSPS) is 16.9. The SMILES string of the molecule is CC(C)Oc1cccc(NC(N=C2C(=O)N(C)C(=O)N2c2cccc(C(F)(F)F)c2)C(Cl)(Cl)Cl)c1. The summed E-state index contributed by atoms with van der Waals surface area (Å²) >= 11 is 18.3. The van der Waals surface area contributed by atoms with Crippen LogP contribution >= 0.6 is 34.8 Å². The van der Waals surface area contributed by atoms with Crippen LogP contribution in [0.4, 0.5) is 29.3 Å². The highest BCUT2D eigenvalue weighted by molar-refractivity contribution is 6.68. The van der Waals surface area contributed by atoms with Crippen molar-refractivity contribution in [2.24, 2.45) is 4.99 Å². The second-order valence-corrected chi connectivity index (χ2v) is 10.1. The first-order valence-corrected chi connectivity index (χ1v) is 11.3. The second kappa shape index (κ2) is 10.1. The molecule has 13 heteroatoms. The zero-order valence-corrected chi connectivity index (χ0v) is 20.9. The molecule has 1 unspecified atom stereocenters. The number of carbonyl (C=O) groups is 2. The highest BCUT2D eigenvalue weighted by atomic mass is 35.6. The Morgan fingerprint density at radius 3 is 2.29 bits per heavy atom. The van der Waals surface area contributed by atoms with Crippen LogP contribution in [-0.4, -0.2) is 45.8 Å². The molecule has 1 saturated heterocycles. The van der Waals surface area contributed by atoms with Crippen molar-refractivity contribution in [3.8, 4) is 5.75 Å². The smallest absolute Gasteiger partial charge is 0.416 e. The molecule has 3 amide bonds. The van der Waals surface area contributed by atoms with E-state index in [9.17, 15) is 22.8 Å². The lowest BCUT2D eigenvalue weighted by molar-refractivity contribution is -0.137. The number of benzene rings is 2. The number of amides is 3. The molecule has 1 heterocycles. The Morgan fingerprint density at radius 2 is 1.69 bits per heavy atom. The van der Waals surface area contributed by atoms with Crippen LogP contribution in [0.25, 0.3) is 0 Å². The Morgan fingerprint density at radius 1 is 1.03 bits per heavy atom. The summed E-state index contributed by atoms with van der Waals surface area (Å²) in [7, 11) is 1.16. The fraction of sp³-hybridized carbons (Fsp3) is 0.318. The highest BCUT2D eigenvalue weighted by Gasteiger charge is 2.44. The van der Waals surface area contributed by atoms with Crippen molar-refractivity contribution in [2.75, 3.05) is 17.3 Å². The predicted octanol–water partition coefficient (Wildman–Crippen LogP) is 6.10. The van der Waals surface area contributed by atoms with Gasteiger partial charge in [0.2, 0.25) is 9.63 Å². The summed E-state index contributed by atoms with van der Waals surface area (Å²) in [6, 6.07) is 9.63. The minimum Gasteiger partial charge on any atom is -0.491 e. The average Bonchev–Trinajstić information content (AvgIpc) is 2.95. The number of ether oxygens (including phenoxy) is 1. The van der Waals surface area contributed by atoms with E-state index in [2.05, 4.69) is 10.3 Å². The number of amidine groups is 1. The number of likely N-dealkylation sites (N-methyl/N-ethyl adjacent to an activating group) is 1. The molecule has 0 bridgehead atoms. The van der Waals surface area contributed by atoms with Gasteiger partial charge in [0.15, 0.2) is 6.17 Å². The van der Waals surface area contributed by atoms with Crippen molar-refractivity contribution in [1.29, 1.82) is 0 Å². The molecule has 1 aliphatic heterocycles. The molecule has 1 aliphatic rings. The molecule has 0 spiro atoms. The first kappa shape index (κ1) is 26.9. The lowest BCUT2D eigenvalue weighted by atomic mass is 10.2. The standard InChI is InChI=1S/C22H20Cl3F3N4O3/c1-12(2)35-16-9-5-7-14(11-16)29-19(21(23,24)25)30-17-18(33)31(3)20(34)32(17)15-8-4-6-13(10-15)22(26,27)28/h4-12,19,29H,1-3H3. The van der Waals surface area contributed by atoms with Crippen LogP contribution in [0.1, 0.15) is 19.4 Å². The van der Waals surface area contributed by atoms with Crippen molar-refractivity contribution in [2.45, 2.75) is 36.1 Å². The van der Waals surface area contributed by atoms with Crippen LogP contribution in [0.3, 0.4) is 0 Å². The lowest BCUT2D eigenvalue weighted by Crippen LogP contribution is -2.38. The average molecular weight is 552 g/mol. The number of aliphatic imine (C=N–C) groups is 1. The fourth-order valence-electron chi connectivity index (χ4n) is 3.14. The zero-order valence-electron chi connectivity index (χ0n) is 18.6. The van der Waals surface area contributed by atoms with Gasteiger partial charge < -0.3 is 10.1 Å². The molecule has 1 N–H and O–H groups in total. The summed E-state index contributed by atoms with van der Waals surface area (Å²) < 4.78 is 43.2. The van der Waals surface area contributed by atoms with E-state index < -0.39 is 39.5 Å². The number of hydrogen-bond donors (Lipinski definition) is 1. The van der Waals surface area contributed by atoms with Gasteiger partial charge in [0.05, 0.1) is 17.4 Å². The van der Waals surface area contributed by atoms with Gasteiger partial charge in [-0.05, 0) is 44.2 Å². The molecule has 2 aromatic carbocycles.